The van der Waals surface area contributed by atoms with Crippen molar-refractivity contribution in [2.45, 2.75) is 19.8 Å². The van der Waals surface area contributed by atoms with Crippen molar-refractivity contribution in [3.63, 3.8) is 0 Å². The van der Waals surface area contributed by atoms with E-state index in [4.69, 9.17) is 0 Å². The number of nitrogens with one attached hydrogen (secondary N) is 1. The summed E-state index contributed by atoms with van der Waals surface area (Å²) in [6.45, 7) is 4.42. The predicted molar refractivity (Wildman–Crippen MR) is 99.1 cm³/mol. The summed E-state index contributed by atoms with van der Waals surface area (Å²) in [5, 5.41) is 2.75. The third-order valence-corrected chi connectivity index (χ3v) is 4.94. The van der Waals surface area contributed by atoms with Crippen LogP contribution in [0.15, 0.2) is 46.9 Å². The van der Waals surface area contributed by atoms with Crippen LogP contribution in [-0.4, -0.2) is 19.0 Å². The van der Waals surface area contributed by atoms with Crippen molar-refractivity contribution in [3.05, 3.63) is 58.3 Å². The van der Waals surface area contributed by atoms with Crippen LogP contribution in [0.4, 0.5) is 15.8 Å². The van der Waals surface area contributed by atoms with Gasteiger partial charge in [-0.3, -0.25) is 4.79 Å². The average molecular weight is 391 g/mol. The molecule has 0 spiro atoms. The molecular formula is C19H20BrFN2O. The van der Waals surface area contributed by atoms with Gasteiger partial charge in [-0.2, -0.15) is 0 Å². The summed E-state index contributed by atoms with van der Waals surface area (Å²) < 4.78 is 14.4. The molecule has 2 aromatic rings. The number of hydrogen-bond acceptors (Lipinski definition) is 2. The fourth-order valence-corrected chi connectivity index (χ4v) is 3.25. The number of benzene rings is 2. The van der Waals surface area contributed by atoms with E-state index < -0.39 is 11.7 Å². The van der Waals surface area contributed by atoms with E-state index in [1.807, 2.05) is 24.3 Å². The van der Waals surface area contributed by atoms with Gasteiger partial charge in [0.2, 0.25) is 0 Å². The molecule has 0 saturated carbocycles. The van der Waals surface area contributed by atoms with Crippen LogP contribution in [0.2, 0.25) is 0 Å². The highest BCUT2D eigenvalue weighted by molar-refractivity contribution is 9.10. The Balaban J connectivity index is 1.68. The van der Waals surface area contributed by atoms with Gasteiger partial charge in [0.15, 0.2) is 0 Å². The summed E-state index contributed by atoms with van der Waals surface area (Å²) in [5.41, 5.74) is 1.85. The second kappa shape index (κ2) is 7.34. The Morgan fingerprint density at radius 2 is 1.83 bits per heavy atom. The first kappa shape index (κ1) is 17.0. The predicted octanol–water partition coefficient (Wildman–Crippen LogP) is 5.08. The van der Waals surface area contributed by atoms with E-state index in [0.29, 0.717) is 10.2 Å². The van der Waals surface area contributed by atoms with Gasteiger partial charge in [-0.15, -0.1) is 0 Å². The van der Waals surface area contributed by atoms with E-state index in [1.165, 1.54) is 25.0 Å². The van der Waals surface area contributed by atoms with Crippen LogP contribution in [0.5, 0.6) is 0 Å². The second-order valence-electron chi connectivity index (χ2n) is 6.29. The molecular weight excluding hydrogens is 371 g/mol. The Morgan fingerprint density at radius 3 is 2.50 bits per heavy atom. The highest BCUT2D eigenvalue weighted by Crippen LogP contribution is 2.24. The molecule has 1 aliphatic heterocycles. The molecule has 0 atom stereocenters. The monoisotopic (exact) mass is 390 g/mol. The Bertz CT molecular complexity index is 725. The summed E-state index contributed by atoms with van der Waals surface area (Å²) in [4.78, 5) is 14.6. The van der Waals surface area contributed by atoms with Crippen molar-refractivity contribution < 1.29 is 9.18 Å². The van der Waals surface area contributed by atoms with E-state index in [-0.39, 0.29) is 5.56 Å². The van der Waals surface area contributed by atoms with Crippen LogP contribution in [-0.2, 0) is 0 Å². The van der Waals surface area contributed by atoms with Gasteiger partial charge in [0.1, 0.15) is 5.82 Å². The fraction of sp³-hybridized carbons (Fsp3) is 0.316. The maximum Gasteiger partial charge on any atom is 0.258 e. The first-order chi connectivity index (χ1) is 11.5. The van der Waals surface area contributed by atoms with Crippen LogP contribution in [0.25, 0.3) is 0 Å². The number of carbonyl (C=O) groups excluding carboxylic acids is 1. The average Bonchev–Trinajstić information content (AvgIpc) is 2.58. The van der Waals surface area contributed by atoms with Crippen LogP contribution in [0.1, 0.15) is 30.1 Å². The van der Waals surface area contributed by atoms with E-state index in [1.54, 1.807) is 6.07 Å². The SMILES string of the molecule is CC1CCN(c2ccc(NC(=O)c3cc(Br)ccc3F)cc2)CC1. The molecule has 1 aliphatic rings. The Labute approximate surface area is 150 Å². The maximum absolute atomic E-state index is 13.8. The fourth-order valence-electron chi connectivity index (χ4n) is 2.89. The molecule has 1 fully saturated rings. The molecule has 1 amide bonds. The van der Waals surface area contributed by atoms with Gasteiger partial charge in [0.25, 0.3) is 5.91 Å². The van der Waals surface area contributed by atoms with Crippen molar-refractivity contribution in [1.29, 1.82) is 0 Å². The number of amides is 1. The number of hydrogen-bond donors (Lipinski definition) is 1. The Kier molecular flexibility index (Phi) is 5.19. The zero-order chi connectivity index (χ0) is 17.1. The van der Waals surface area contributed by atoms with Crippen LogP contribution < -0.4 is 10.2 Å². The molecule has 0 aromatic heterocycles. The zero-order valence-corrected chi connectivity index (χ0v) is 15.1. The van der Waals surface area contributed by atoms with Crippen LogP contribution in [0.3, 0.4) is 0 Å². The lowest BCUT2D eigenvalue weighted by atomic mass is 9.99. The first-order valence-corrected chi connectivity index (χ1v) is 8.93. The number of anilines is 2. The zero-order valence-electron chi connectivity index (χ0n) is 13.6. The lowest BCUT2D eigenvalue weighted by Gasteiger charge is -2.32. The number of halogens is 2. The van der Waals surface area contributed by atoms with E-state index in [2.05, 4.69) is 33.1 Å². The second-order valence-corrected chi connectivity index (χ2v) is 7.21. The summed E-state index contributed by atoms with van der Waals surface area (Å²) in [6, 6.07) is 12.1. The van der Waals surface area contributed by atoms with Gasteiger partial charge >= 0.3 is 0 Å². The van der Waals surface area contributed by atoms with Gasteiger partial charge in [0.05, 0.1) is 5.56 Å². The summed E-state index contributed by atoms with van der Waals surface area (Å²) in [6.07, 6.45) is 2.42. The molecule has 1 heterocycles. The highest BCUT2D eigenvalue weighted by atomic mass is 79.9. The van der Waals surface area contributed by atoms with Crippen molar-refractivity contribution in [1.82, 2.24) is 0 Å². The smallest absolute Gasteiger partial charge is 0.258 e. The van der Waals surface area contributed by atoms with Gasteiger partial charge < -0.3 is 10.2 Å². The van der Waals surface area contributed by atoms with Crippen molar-refractivity contribution >= 4 is 33.2 Å². The maximum atomic E-state index is 13.8. The summed E-state index contributed by atoms with van der Waals surface area (Å²) in [5.74, 6) is -0.192. The number of carbonyl (C=O) groups is 1. The Morgan fingerprint density at radius 1 is 1.17 bits per heavy atom. The molecule has 0 bridgehead atoms. The lowest BCUT2D eigenvalue weighted by Crippen LogP contribution is -2.32. The molecule has 1 saturated heterocycles. The third kappa shape index (κ3) is 3.96. The lowest BCUT2D eigenvalue weighted by molar-refractivity contribution is 0.102. The molecule has 126 valence electrons. The molecule has 0 unspecified atom stereocenters. The number of piperidine rings is 1. The van der Waals surface area contributed by atoms with E-state index >= 15 is 0 Å². The topological polar surface area (TPSA) is 32.3 Å². The van der Waals surface area contributed by atoms with Crippen molar-refractivity contribution in [2.24, 2.45) is 5.92 Å². The standard InChI is InChI=1S/C19H20BrFN2O/c1-13-8-10-23(11-9-13)16-5-3-15(4-6-16)22-19(24)17-12-14(20)2-7-18(17)21/h2-7,12-13H,8-11H2,1H3,(H,22,24). The molecule has 5 heteroatoms. The van der Waals surface area contributed by atoms with Gasteiger partial charge in [-0.25, -0.2) is 4.39 Å². The van der Waals surface area contributed by atoms with E-state index in [9.17, 15) is 9.18 Å². The minimum Gasteiger partial charge on any atom is -0.372 e. The quantitative estimate of drug-likeness (QED) is 0.792. The van der Waals surface area contributed by atoms with Gasteiger partial charge in [0, 0.05) is 28.9 Å². The van der Waals surface area contributed by atoms with Crippen LogP contribution >= 0.6 is 15.9 Å². The normalized spacial score (nSPS) is 15.4. The molecule has 3 nitrogen and oxygen atoms in total. The summed E-state index contributed by atoms with van der Waals surface area (Å²) >= 11 is 3.26. The third-order valence-electron chi connectivity index (χ3n) is 4.45. The summed E-state index contributed by atoms with van der Waals surface area (Å²) in [7, 11) is 0. The number of nitrogens with zero attached hydrogens (tertiary/aromatic N) is 1. The van der Waals surface area contributed by atoms with Crippen molar-refractivity contribution in [3.8, 4) is 0 Å². The minimum absolute atomic E-state index is 0.0264. The molecule has 2 aromatic carbocycles. The van der Waals surface area contributed by atoms with Crippen molar-refractivity contribution in [2.75, 3.05) is 23.3 Å². The Hall–Kier alpha value is -1.88. The first-order valence-electron chi connectivity index (χ1n) is 8.14. The number of rotatable bonds is 3. The molecule has 3 rings (SSSR count). The van der Waals surface area contributed by atoms with Gasteiger partial charge in [-0.1, -0.05) is 22.9 Å². The van der Waals surface area contributed by atoms with E-state index in [0.717, 1.165) is 24.7 Å². The van der Waals surface area contributed by atoms with Crippen LogP contribution in [0, 0.1) is 11.7 Å². The minimum atomic E-state index is -0.533. The molecule has 0 aliphatic carbocycles. The molecule has 1 N–H and O–H groups in total. The highest BCUT2D eigenvalue weighted by Gasteiger charge is 2.16. The van der Waals surface area contributed by atoms with Gasteiger partial charge in [-0.05, 0) is 61.2 Å². The largest absolute Gasteiger partial charge is 0.372 e. The molecule has 0 radical (unpaired) electrons. The molecule has 24 heavy (non-hydrogen) atoms.